The molecule has 24 heavy (non-hydrogen) atoms. The third-order valence-corrected chi connectivity index (χ3v) is 3.93. The van der Waals surface area contributed by atoms with E-state index in [1.807, 2.05) is 0 Å². The number of halogens is 1. The van der Waals surface area contributed by atoms with Crippen LogP contribution in [0.4, 0.5) is 9.18 Å². The Morgan fingerprint density at radius 3 is 2.25 bits per heavy atom. The predicted octanol–water partition coefficient (Wildman–Crippen LogP) is 2.73. The summed E-state index contributed by atoms with van der Waals surface area (Å²) in [6.07, 6.45) is 0.732. The molecule has 1 aromatic rings. The lowest BCUT2D eigenvalue weighted by Crippen LogP contribution is -2.44. The lowest BCUT2D eigenvalue weighted by atomic mass is 9.97. The molecular weight excluding hydrogens is 309 g/mol. The maximum Gasteiger partial charge on any atom is 0.317 e. The summed E-state index contributed by atoms with van der Waals surface area (Å²) in [5, 5.41) is 2.94. The minimum Gasteiger partial charge on any atom is -0.337 e. The molecule has 0 aliphatic carbocycles. The lowest BCUT2D eigenvalue weighted by Gasteiger charge is -2.25. The number of rotatable bonds is 2. The van der Waals surface area contributed by atoms with Gasteiger partial charge in [-0.1, -0.05) is 20.8 Å². The molecule has 0 saturated carbocycles. The number of carbonyl (C=O) groups is 2. The summed E-state index contributed by atoms with van der Waals surface area (Å²) in [7, 11) is 0. The first-order valence-electron chi connectivity index (χ1n) is 8.34. The van der Waals surface area contributed by atoms with Crippen molar-refractivity contribution in [2.24, 2.45) is 5.41 Å². The molecule has 1 saturated heterocycles. The highest BCUT2D eigenvalue weighted by Gasteiger charge is 2.23. The van der Waals surface area contributed by atoms with Gasteiger partial charge in [-0.2, -0.15) is 0 Å². The van der Waals surface area contributed by atoms with Crippen molar-refractivity contribution in [1.29, 1.82) is 0 Å². The van der Waals surface area contributed by atoms with Crippen molar-refractivity contribution in [3.63, 3.8) is 0 Å². The molecule has 1 aliphatic heterocycles. The second-order valence-corrected chi connectivity index (χ2v) is 7.36. The van der Waals surface area contributed by atoms with Crippen LogP contribution in [0.15, 0.2) is 24.3 Å². The lowest BCUT2D eigenvalue weighted by molar-refractivity contribution is 0.0762. The second-order valence-electron chi connectivity index (χ2n) is 7.36. The van der Waals surface area contributed by atoms with Crippen LogP contribution in [0, 0.1) is 11.2 Å². The van der Waals surface area contributed by atoms with Gasteiger partial charge in [0.1, 0.15) is 5.82 Å². The van der Waals surface area contributed by atoms with Gasteiger partial charge in [0.15, 0.2) is 0 Å². The van der Waals surface area contributed by atoms with Crippen molar-refractivity contribution < 1.29 is 14.0 Å². The molecule has 1 N–H and O–H groups in total. The SMILES string of the molecule is CC(C)(C)CNC(=O)N1CCCN(C(=O)c2ccc(F)cc2)CC1. The summed E-state index contributed by atoms with van der Waals surface area (Å²) in [6.45, 7) is 9.03. The number of urea groups is 1. The fourth-order valence-electron chi connectivity index (χ4n) is 2.55. The van der Waals surface area contributed by atoms with Crippen LogP contribution in [-0.2, 0) is 0 Å². The number of nitrogens with zero attached hydrogens (tertiary/aromatic N) is 2. The fraction of sp³-hybridized carbons (Fsp3) is 0.556. The normalized spacial score (nSPS) is 15.8. The molecule has 132 valence electrons. The molecule has 3 amide bonds. The number of carbonyl (C=O) groups excluding carboxylic acids is 2. The monoisotopic (exact) mass is 335 g/mol. The highest BCUT2D eigenvalue weighted by molar-refractivity contribution is 5.94. The second kappa shape index (κ2) is 7.64. The minimum absolute atomic E-state index is 0.0338. The molecule has 0 bridgehead atoms. The van der Waals surface area contributed by atoms with Crippen molar-refractivity contribution in [2.75, 3.05) is 32.7 Å². The summed E-state index contributed by atoms with van der Waals surface area (Å²) in [6, 6.07) is 5.49. The van der Waals surface area contributed by atoms with Crippen LogP contribution in [-0.4, -0.2) is 54.5 Å². The number of amides is 3. The van der Waals surface area contributed by atoms with E-state index in [1.165, 1.54) is 24.3 Å². The van der Waals surface area contributed by atoms with Gasteiger partial charge in [-0.3, -0.25) is 4.79 Å². The standard InChI is InChI=1S/C18H26FN3O2/c1-18(2,3)13-20-17(24)22-10-4-9-21(11-12-22)16(23)14-5-7-15(19)8-6-14/h5-8H,4,9-13H2,1-3H3,(H,20,24). The Bertz CT molecular complexity index is 581. The third kappa shape index (κ3) is 5.22. The molecule has 0 aromatic heterocycles. The van der Waals surface area contributed by atoms with Crippen LogP contribution in [0.25, 0.3) is 0 Å². The van der Waals surface area contributed by atoms with Crippen molar-refractivity contribution in [1.82, 2.24) is 15.1 Å². The Balaban J connectivity index is 1.91. The number of hydrogen-bond acceptors (Lipinski definition) is 2. The van der Waals surface area contributed by atoms with E-state index in [0.29, 0.717) is 38.3 Å². The van der Waals surface area contributed by atoms with Crippen molar-refractivity contribution >= 4 is 11.9 Å². The summed E-state index contributed by atoms with van der Waals surface area (Å²) >= 11 is 0. The van der Waals surface area contributed by atoms with Gasteiger partial charge < -0.3 is 15.1 Å². The Morgan fingerprint density at radius 2 is 1.62 bits per heavy atom. The molecule has 0 atom stereocenters. The van der Waals surface area contributed by atoms with E-state index in [2.05, 4.69) is 26.1 Å². The average molecular weight is 335 g/mol. The highest BCUT2D eigenvalue weighted by Crippen LogP contribution is 2.12. The van der Waals surface area contributed by atoms with Crippen molar-refractivity contribution in [3.05, 3.63) is 35.6 Å². The van der Waals surface area contributed by atoms with Crippen LogP contribution < -0.4 is 5.32 Å². The first-order valence-corrected chi connectivity index (χ1v) is 8.34. The van der Waals surface area contributed by atoms with Gasteiger partial charge in [0.05, 0.1) is 0 Å². The topological polar surface area (TPSA) is 52.7 Å². The van der Waals surface area contributed by atoms with Gasteiger partial charge in [-0.15, -0.1) is 0 Å². The summed E-state index contributed by atoms with van der Waals surface area (Å²) in [5.41, 5.74) is 0.508. The fourth-order valence-corrected chi connectivity index (χ4v) is 2.55. The maximum atomic E-state index is 13.0. The number of nitrogens with one attached hydrogen (secondary N) is 1. The zero-order valence-electron chi connectivity index (χ0n) is 14.6. The first kappa shape index (κ1) is 18.2. The van der Waals surface area contributed by atoms with E-state index < -0.39 is 0 Å². The van der Waals surface area contributed by atoms with Crippen LogP contribution >= 0.6 is 0 Å². The Kier molecular flexibility index (Phi) is 5.80. The minimum atomic E-state index is -0.357. The van der Waals surface area contributed by atoms with Gasteiger partial charge in [0, 0.05) is 38.3 Å². The zero-order valence-corrected chi connectivity index (χ0v) is 14.6. The average Bonchev–Trinajstić information content (AvgIpc) is 2.78. The van der Waals surface area contributed by atoms with E-state index >= 15 is 0 Å². The van der Waals surface area contributed by atoms with Crippen molar-refractivity contribution in [3.8, 4) is 0 Å². The molecule has 2 rings (SSSR count). The number of hydrogen-bond donors (Lipinski definition) is 1. The molecule has 0 radical (unpaired) electrons. The quantitative estimate of drug-likeness (QED) is 0.903. The molecular formula is C18H26FN3O2. The third-order valence-electron chi connectivity index (χ3n) is 3.93. The van der Waals surface area contributed by atoms with E-state index in [9.17, 15) is 14.0 Å². The van der Waals surface area contributed by atoms with Crippen LogP contribution in [0.1, 0.15) is 37.6 Å². The summed E-state index contributed by atoms with van der Waals surface area (Å²) in [5.74, 6) is -0.476. The molecule has 0 unspecified atom stereocenters. The molecule has 5 nitrogen and oxygen atoms in total. The zero-order chi connectivity index (χ0) is 17.7. The van der Waals surface area contributed by atoms with Gasteiger partial charge in [0.25, 0.3) is 5.91 Å². The van der Waals surface area contributed by atoms with E-state index in [0.717, 1.165) is 6.42 Å². The van der Waals surface area contributed by atoms with Gasteiger partial charge in [-0.05, 0) is 36.1 Å². The van der Waals surface area contributed by atoms with E-state index in [-0.39, 0.29) is 23.2 Å². The van der Waals surface area contributed by atoms with Crippen LogP contribution in [0.5, 0.6) is 0 Å². The van der Waals surface area contributed by atoms with Gasteiger partial charge in [0.2, 0.25) is 0 Å². The molecule has 1 aromatic carbocycles. The predicted molar refractivity (Wildman–Crippen MR) is 91.3 cm³/mol. The summed E-state index contributed by atoms with van der Waals surface area (Å²) in [4.78, 5) is 28.2. The molecule has 1 heterocycles. The van der Waals surface area contributed by atoms with E-state index in [1.54, 1.807) is 9.80 Å². The smallest absolute Gasteiger partial charge is 0.317 e. The van der Waals surface area contributed by atoms with E-state index in [4.69, 9.17) is 0 Å². The highest BCUT2D eigenvalue weighted by atomic mass is 19.1. The Morgan fingerprint density at radius 1 is 1.04 bits per heavy atom. The largest absolute Gasteiger partial charge is 0.337 e. The summed E-state index contributed by atoms with van der Waals surface area (Å²) < 4.78 is 13.0. The Hall–Kier alpha value is -2.11. The van der Waals surface area contributed by atoms with Gasteiger partial charge >= 0.3 is 6.03 Å². The Labute approximate surface area is 142 Å². The van der Waals surface area contributed by atoms with Gasteiger partial charge in [-0.25, -0.2) is 9.18 Å². The molecule has 1 fully saturated rings. The van der Waals surface area contributed by atoms with Crippen molar-refractivity contribution in [2.45, 2.75) is 27.2 Å². The van der Waals surface area contributed by atoms with Crippen LogP contribution in [0.3, 0.4) is 0 Å². The molecule has 6 heteroatoms. The molecule has 1 aliphatic rings. The molecule has 0 spiro atoms. The first-order chi connectivity index (χ1) is 11.3. The number of benzene rings is 1. The maximum absolute atomic E-state index is 13.0. The van der Waals surface area contributed by atoms with Crippen LogP contribution in [0.2, 0.25) is 0 Å².